The number of azo groups is 1. The fourth-order valence-electron chi connectivity index (χ4n) is 9.72. The molecule has 3 N–H and O–H groups in total. The number of carbonyl (C=O) groups excluding carboxylic acids is 4. The molecule has 0 aromatic carbocycles. The van der Waals surface area contributed by atoms with Crippen LogP contribution in [0.1, 0.15) is 132 Å². The molecule has 1 amide bonds. The fourth-order valence-corrected chi connectivity index (χ4v) is 9.72. The normalized spacial score (nSPS) is 36.5. The molecule has 2 aliphatic heterocycles. The van der Waals surface area contributed by atoms with Gasteiger partial charge in [-0.3, -0.25) is 14.4 Å². The van der Waals surface area contributed by atoms with E-state index in [4.69, 9.17) is 24.1 Å². The Labute approximate surface area is 365 Å². The number of amides is 1. The zero-order valence-electron chi connectivity index (χ0n) is 38.8. The lowest BCUT2D eigenvalue weighted by Gasteiger charge is -2.37. The van der Waals surface area contributed by atoms with E-state index in [2.05, 4.69) is 25.5 Å². The number of fused-ring (bicyclic) bond motifs is 1. The number of ether oxygens (including phenoxy) is 4. The number of aliphatic hydroxyl groups is 3. The standard InChI is InChI=1S/C47H79N3O11/c1-12-15-35-21-29(4)20-30(5)22-36(58-9)26-37(59-10)24-32(7)47(56,57)44(53)45(54)50-19-14-13-16-39(50)46(55)61-43(33(8)41(52)27-38(35)49-48-28(2)3)31(6)23-34-17-18-40(51)42(25-34)60-11/h12,23,28-30,32-40,42-43,51,56-57H,1,13-22,24-27H2,2-11H3. The first-order valence-corrected chi connectivity index (χ1v) is 22.8. The molecule has 0 aromatic rings. The Morgan fingerprint density at radius 1 is 0.902 bits per heavy atom. The maximum absolute atomic E-state index is 14.6. The molecular weight excluding hydrogens is 783 g/mol. The molecular formula is C47H79N3O11. The number of Topliss-reactive ketones (excluding diaryl/α,β-unsaturated/α-hetero) is 2. The first-order valence-electron chi connectivity index (χ1n) is 22.8. The van der Waals surface area contributed by atoms with Gasteiger partial charge in [0, 0.05) is 40.2 Å². The van der Waals surface area contributed by atoms with Crippen molar-refractivity contribution in [1.82, 2.24) is 4.90 Å². The number of methoxy groups -OCH3 is 3. The van der Waals surface area contributed by atoms with E-state index in [1.165, 1.54) is 14.0 Å². The van der Waals surface area contributed by atoms with Crippen molar-refractivity contribution < 1.29 is 53.4 Å². The van der Waals surface area contributed by atoms with E-state index in [1.807, 2.05) is 32.9 Å². The molecule has 14 nitrogen and oxygen atoms in total. The van der Waals surface area contributed by atoms with E-state index in [9.17, 15) is 34.5 Å². The summed E-state index contributed by atoms with van der Waals surface area (Å²) < 4.78 is 23.5. The van der Waals surface area contributed by atoms with Crippen LogP contribution < -0.4 is 0 Å². The van der Waals surface area contributed by atoms with Crippen molar-refractivity contribution in [3.8, 4) is 0 Å². The van der Waals surface area contributed by atoms with E-state index in [0.29, 0.717) is 56.9 Å². The first-order chi connectivity index (χ1) is 28.8. The number of aliphatic hydroxyl groups excluding tert-OH is 1. The number of nitrogens with zero attached hydrogens (tertiary/aromatic N) is 3. The molecule has 0 spiro atoms. The minimum absolute atomic E-state index is 0.0205. The minimum Gasteiger partial charge on any atom is -0.456 e. The van der Waals surface area contributed by atoms with Crippen LogP contribution in [0.3, 0.4) is 0 Å². The van der Waals surface area contributed by atoms with Crippen molar-refractivity contribution in [2.24, 2.45) is 45.7 Å². The molecule has 3 aliphatic rings. The van der Waals surface area contributed by atoms with E-state index >= 15 is 0 Å². The lowest BCUT2D eigenvalue weighted by atomic mass is 9.79. The van der Waals surface area contributed by atoms with Gasteiger partial charge in [0.1, 0.15) is 17.9 Å². The molecule has 13 atom stereocenters. The van der Waals surface area contributed by atoms with Gasteiger partial charge < -0.3 is 39.2 Å². The maximum atomic E-state index is 14.6. The lowest BCUT2D eigenvalue weighted by Crippen LogP contribution is -2.58. The number of hydrogen-bond donors (Lipinski definition) is 3. The molecule has 2 saturated heterocycles. The van der Waals surface area contributed by atoms with Gasteiger partial charge in [-0.25, -0.2) is 4.79 Å². The summed E-state index contributed by atoms with van der Waals surface area (Å²) in [7, 11) is 4.72. The average molecular weight is 862 g/mol. The van der Waals surface area contributed by atoms with Crippen LogP contribution in [0, 0.1) is 35.5 Å². The summed E-state index contributed by atoms with van der Waals surface area (Å²) in [6.07, 6.45) is 7.64. The molecule has 348 valence electrons. The molecule has 1 aliphatic carbocycles. The molecule has 61 heavy (non-hydrogen) atoms. The second-order valence-corrected chi connectivity index (χ2v) is 18.9. The number of allylic oxidation sites excluding steroid dienone is 2. The van der Waals surface area contributed by atoms with Gasteiger partial charge in [0.2, 0.25) is 5.79 Å². The van der Waals surface area contributed by atoms with Crippen molar-refractivity contribution in [1.29, 1.82) is 0 Å². The van der Waals surface area contributed by atoms with E-state index in [-0.39, 0.29) is 73.5 Å². The molecule has 2 heterocycles. The van der Waals surface area contributed by atoms with Crippen LogP contribution in [0.4, 0.5) is 0 Å². The summed E-state index contributed by atoms with van der Waals surface area (Å²) in [5, 5.41) is 42.4. The topological polar surface area (TPSA) is 194 Å². The number of ketones is 2. The van der Waals surface area contributed by atoms with Gasteiger partial charge in [-0.1, -0.05) is 39.8 Å². The predicted molar refractivity (Wildman–Crippen MR) is 232 cm³/mol. The Morgan fingerprint density at radius 2 is 1.56 bits per heavy atom. The van der Waals surface area contributed by atoms with Crippen molar-refractivity contribution in [2.75, 3.05) is 27.9 Å². The van der Waals surface area contributed by atoms with Gasteiger partial charge in [-0.05, 0) is 127 Å². The molecule has 13 unspecified atom stereocenters. The van der Waals surface area contributed by atoms with Crippen LogP contribution in [-0.4, -0.2) is 126 Å². The van der Waals surface area contributed by atoms with Gasteiger partial charge in [-0.15, -0.1) is 6.58 Å². The van der Waals surface area contributed by atoms with Crippen molar-refractivity contribution in [2.45, 2.75) is 186 Å². The maximum Gasteiger partial charge on any atom is 0.329 e. The van der Waals surface area contributed by atoms with Crippen LogP contribution in [0.25, 0.3) is 0 Å². The lowest BCUT2D eigenvalue weighted by molar-refractivity contribution is -0.208. The Hall–Kier alpha value is -2.88. The molecule has 0 bridgehead atoms. The van der Waals surface area contributed by atoms with Gasteiger partial charge in [-0.2, -0.15) is 10.2 Å². The van der Waals surface area contributed by atoms with E-state index < -0.39 is 65.7 Å². The van der Waals surface area contributed by atoms with Gasteiger partial charge in [0.05, 0.1) is 42.4 Å². The zero-order chi connectivity index (χ0) is 45.6. The minimum atomic E-state index is -3.04. The molecule has 0 radical (unpaired) electrons. The number of rotatable bonds is 9. The van der Waals surface area contributed by atoms with Crippen LogP contribution >= 0.6 is 0 Å². The Balaban J connectivity index is 2.13. The quantitative estimate of drug-likeness (QED) is 0.0747. The van der Waals surface area contributed by atoms with E-state index in [0.717, 1.165) is 17.7 Å². The monoisotopic (exact) mass is 862 g/mol. The van der Waals surface area contributed by atoms with Gasteiger partial charge in [0.15, 0.2) is 0 Å². The van der Waals surface area contributed by atoms with Crippen molar-refractivity contribution in [3.63, 3.8) is 0 Å². The highest BCUT2D eigenvalue weighted by Crippen LogP contribution is 2.35. The molecule has 3 rings (SSSR count). The summed E-state index contributed by atoms with van der Waals surface area (Å²) in [4.78, 5) is 57.8. The average Bonchev–Trinajstić information content (AvgIpc) is 3.22. The summed E-state index contributed by atoms with van der Waals surface area (Å²) in [6.45, 7) is 17.4. The number of cyclic esters (lactones) is 1. The third kappa shape index (κ3) is 15.1. The first kappa shape index (κ1) is 52.5. The number of esters is 1. The summed E-state index contributed by atoms with van der Waals surface area (Å²) in [5.41, 5.74) is 0.645. The number of piperidine rings is 1. The van der Waals surface area contributed by atoms with Crippen LogP contribution in [0.5, 0.6) is 0 Å². The molecule has 1 saturated carbocycles. The summed E-state index contributed by atoms with van der Waals surface area (Å²) >= 11 is 0. The molecule has 0 aromatic heterocycles. The van der Waals surface area contributed by atoms with Crippen LogP contribution in [-0.2, 0) is 38.1 Å². The zero-order valence-corrected chi connectivity index (χ0v) is 38.8. The van der Waals surface area contributed by atoms with Crippen LogP contribution in [0.15, 0.2) is 34.5 Å². The smallest absolute Gasteiger partial charge is 0.329 e. The number of carbonyl (C=O) groups is 4. The second-order valence-electron chi connectivity index (χ2n) is 18.9. The largest absolute Gasteiger partial charge is 0.456 e. The highest BCUT2D eigenvalue weighted by Gasteiger charge is 2.48. The third-order valence-corrected chi connectivity index (χ3v) is 13.4. The Morgan fingerprint density at radius 3 is 2.18 bits per heavy atom. The van der Waals surface area contributed by atoms with Gasteiger partial charge in [0.25, 0.3) is 11.7 Å². The summed E-state index contributed by atoms with van der Waals surface area (Å²) in [5.74, 6) is -8.11. The molecule has 3 fully saturated rings. The highest BCUT2D eigenvalue weighted by atomic mass is 16.5. The van der Waals surface area contributed by atoms with Crippen molar-refractivity contribution in [3.05, 3.63) is 24.3 Å². The third-order valence-electron chi connectivity index (χ3n) is 13.4. The SMILES string of the molecule is C=CCC1CC(C)CC(C)CC(OC)CC(OC)CC(C)C(O)(O)C(=O)C(=O)N2CCCCC2C(=O)OC(C(C)=CC2CCC(O)C(OC)C2)C(C)C(=O)CC1N=NC(C)C. The van der Waals surface area contributed by atoms with Gasteiger partial charge >= 0.3 is 5.97 Å². The number of hydrogen-bond acceptors (Lipinski definition) is 13. The predicted octanol–water partition coefficient (Wildman–Crippen LogP) is 6.57. The molecule has 14 heteroatoms. The second kappa shape index (κ2) is 24.8. The van der Waals surface area contributed by atoms with Crippen molar-refractivity contribution >= 4 is 23.4 Å². The Bertz CT molecular complexity index is 1500. The van der Waals surface area contributed by atoms with E-state index in [1.54, 1.807) is 21.1 Å². The fraction of sp³-hybridized carbons (Fsp3) is 0.830. The Kier molecular flexibility index (Phi) is 21.4. The van der Waals surface area contributed by atoms with Crippen LogP contribution in [0.2, 0.25) is 0 Å². The summed E-state index contributed by atoms with van der Waals surface area (Å²) in [6, 6.07) is -1.74. The highest BCUT2D eigenvalue weighted by molar-refractivity contribution is 6.39.